The molecule has 0 saturated heterocycles. The molecule has 0 spiro atoms. The van der Waals surface area contributed by atoms with E-state index in [1.807, 2.05) is 4.83 Å². The van der Waals surface area contributed by atoms with Crippen molar-refractivity contribution in [1.82, 2.24) is 10.3 Å². The zero-order chi connectivity index (χ0) is 14.5. The number of halogens is 2. The van der Waals surface area contributed by atoms with E-state index in [9.17, 15) is 17.2 Å². The zero-order valence-electron chi connectivity index (χ0n) is 9.85. The summed E-state index contributed by atoms with van der Waals surface area (Å²) in [6.07, 6.45) is 2.82. The molecule has 0 heterocycles. The van der Waals surface area contributed by atoms with Gasteiger partial charge in [0, 0.05) is 6.20 Å². The van der Waals surface area contributed by atoms with Crippen LogP contribution < -0.4 is 10.3 Å². The van der Waals surface area contributed by atoms with Crippen LogP contribution in [0.3, 0.4) is 0 Å². The number of aliphatic imine (C=N–C) groups is 1. The average Bonchev–Trinajstić information content (AvgIpc) is 2.34. The minimum atomic E-state index is -4.38. The Morgan fingerprint density at radius 1 is 1.42 bits per heavy atom. The Bertz CT molecular complexity index is 583. The van der Waals surface area contributed by atoms with Gasteiger partial charge in [0.1, 0.15) is 11.6 Å². The van der Waals surface area contributed by atoms with Gasteiger partial charge < -0.3 is 0 Å². The first-order chi connectivity index (χ1) is 8.92. The smallest absolute Gasteiger partial charge is 0.263 e. The highest BCUT2D eigenvalue weighted by Crippen LogP contribution is 2.17. The summed E-state index contributed by atoms with van der Waals surface area (Å²) in [4.78, 5) is 4.48. The fourth-order valence-corrected chi connectivity index (χ4v) is 2.50. The predicted octanol–water partition coefficient (Wildman–Crippen LogP) is 1.61. The maximum Gasteiger partial charge on any atom is 0.263 e. The number of sulfonamides is 1. The maximum absolute atomic E-state index is 13.4. The van der Waals surface area contributed by atoms with Crippen LogP contribution in [0.4, 0.5) is 8.78 Å². The van der Waals surface area contributed by atoms with Crippen LogP contribution in [0.15, 0.2) is 40.9 Å². The molecule has 1 aromatic rings. The third-order valence-corrected chi connectivity index (χ3v) is 3.77. The molecule has 2 N–H and O–H groups in total. The van der Waals surface area contributed by atoms with E-state index < -0.39 is 26.6 Å². The monoisotopic (exact) mass is 307 g/mol. The Hall–Kier alpha value is -1.45. The molecule has 0 aromatic heterocycles. The van der Waals surface area contributed by atoms with Crippen LogP contribution in [-0.4, -0.2) is 19.8 Å². The van der Waals surface area contributed by atoms with Crippen LogP contribution in [0.1, 0.15) is 0 Å². The molecular weight excluding hydrogens is 296 g/mol. The quantitative estimate of drug-likeness (QED) is 0.504. The van der Waals surface area contributed by atoms with Gasteiger partial charge in [-0.05, 0) is 18.4 Å². The lowest BCUT2D eigenvalue weighted by atomic mass is 10.3. The number of amidine groups is 1. The lowest BCUT2D eigenvalue weighted by Gasteiger charge is -2.10. The maximum atomic E-state index is 13.4. The number of nitrogens with one attached hydrogen (secondary N) is 2. The molecular formula is C10H11F2N3O2S2. The Kier molecular flexibility index (Phi) is 5.45. The van der Waals surface area contributed by atoms with Crippen LogP contribution in [-0.2, 0) is 10.0 Å². The minimum Gasteiger partial charge on any atom is -0.286 e. The Labute approximate surface area is 113 Å². The molecule has 0 unspecified atom stereocenters. The molecule has 0 fully saturated rings. The van der Waals surface area contributed by atoms with Crippen LogP contribution in [0.25, 0.3) is 0 Å². The molecule has 19 heavy (non-hydrogen) atoms. The summed E-state index contributed by atoms with van der Waals surface area (Å²) in [6.45, 7) is 3.34. The van der Waals surface area contributed by atoms with Crippen LogP contribution in [0.2, 0.25) is 0 Å². The first-order valence-electron chi connectivity index (χ1n) is 4.87. The second-order valence-electron chi connectivity index (χ2n) is 3.10. The van der Waals surface area contributed by atoms with E-state index in [0.29, 0.717) is 0 Å². The molecule has 0 aliphatic carbocycles. The van der Waals surface area contributed by atoms with Crippen LogP contribution >= 0.6 is 11.8 Å². The number of hydrazine groups is 1. The highest BCUT2D eigenvalue weighted by Gasteiger charge is 2.23. The molecule has 9 heteroatoms. The van der Waals surface area contributed by atoms with Gasteiger partial charge in [-0.1, -0.05) is 24.4 Å². The Morgan fingerprint density at radius 2 is 2.00 bits per heavy atom. The van der Waals surface area contributed by atoms with Crippen molar-refractivity contribution >= 4 is 27.0 Å². The minimum absolute atomic E-state index is 0.176. The molecule has 1 aromatic carbocycles. The van der Waals surface area contributed by atoms with Crippen molar-refractivity contribution < 1.29 is 17.2 Å². The second kappa shape index (κ2) is 6.64. The van der Waals surface area contributed by atoms with E-state index in [4.69, 9.17) is 0 Å². The van der Waals surface area contributed by atoms with Gasteiger partial charge in [0.2, 0.25) is 0 Å². The molecule has 5 nitrogen and oxygen atoms in total. The summed E-state index contributed by atoms with van der Waals surface area (Å²) in [6, 6.07) is 2.78. The van der Waals surface area contributed by atoms with Gasteiger partial charge in [0.15, 0.2) is 10.1 Å². The number of hydrogen-bond acceptors (Lipinski definition) is 4. The number of benzene rings is 1. The first kappa shape index (κ1) is 15.6. The third-order valence-electron chi connectivity index (χ3n) is 1.88. The van der Waals surface area contributed by atoms with E-state index >= 15 is 0 Å². The molecule has 0 aliphatic rings. The van der Waals surface area contributed by atoms with Gasteiger partial charge in [-0.3, -0.25) is 5.43 Å². The van der Waals surface area contributed by atoms with Gasteiger partial charge in [-0.25, -0.2) is 22.2 Å². The predicted molar refractivity (Wildman–Crippen MR) is 71.0 cm³/mol. The van der Waals surface area contributed by atoms with E-state index in [1.54, 1.807) is 6.26 Å². The summed E-state index contributed by atoms with van der Waals surface area (Å²) >= 11 is 1.09. The summed E-state index contributed by atoms with van der Waals surface area (Å²) in [5.74, 6) is -2.36. The largest absolute Gasteiger partial charge is 0.286 e. The van der Waals surface area contributed by atoms with Crippen molar-refractivity contribution in [1.29, 1.82) is 0 Å². The molecule has 0 bridgehead atoms. The van der Waals surface area contributed by atoms with Gasteiger partial charge in [-0.15, -0.1) is 4.83 Å². The molecule has 104 valence electrons. The summed E-state index contributed by atoms with van der Waals surface area (Å²) in [7, 11) is -4.38. The Morgan fingerprint density at radius 3 is 2.47 bits per heavy atom. The highest BCUT2D eigenvalue weighted by molar-refractivity contribution is 8.13. The van der Waals surface area contributed by atoms with Gasteiger partial charge in [0.25, 0.3) is 10.0 Å². The average molecular weight is 307 g/mol. The summed E-state index contributed by atoms with van der Waals surface area (Å²) < 4.78 is 50.2. The van der Waals surface area contributed by atoms with Crippen LogP contribution in [0, 0.1) is 11.6 Å². The molecule has 1 rings (SSSR count). The van der Waals surface area contributed by atoms with E-state index in [0.717, 1.165) is 30.0 Å². The summed E-state index contributed by atoms with van der Waals surface area (Å²) in [5.41, 5.74) is 2.23. The Balaban J connectivity index is 3.00. The van der Waals surface area contributed by atoms with Crippen molar-refractivity contribution in [3.05, 3.63) is 42.6 Å². The first-order valence-corrected chi connectivity index (χ1v) is 7.57. The topological polar surface area (TPSA) is 70.6 Å². The van der Waals surface area contributed by atoms with Crippen molar-refractivity contribution in [2.75, 3.05) is 6.26 Å². The van der Waals surface area contributed by atoms with Crippen molar-refractivity contribution in [3.63, 3.8) is 0 Å². The molecule has 0 saturated carbocycles. The SMILES string of the molecule is C=CN=C(NNS(=O)(=O)c1c(F)cccc1F)SC. The van der Waals surface area contributed by atoms with Gasteiger partial charge in [0.05, 0.1) is 0 Å². The fraction of sp³-hybridized carbons (Fsp3) is 0.100. The molecule has 0 atom stereocenters. The van der Waals surface area contributed by atoms with E-state index in [-0.39, 0.29) is 5.17 Å². The van der Waals surface area contributed by atoms with Crippen molar-refractivity contribution in [3.8, 4) is 0 Å². The normalized spacial score (nSPS) is 12.3. The van der Waals surface area contributed by atoms with Gasteiger partial charge in [-0.2, -0.15) is 0 Å². The zero-order valence-corrected chi connectivity index (χ0v) is 11.5. The number of rotatable bonds is 4. The van der Waals surface area contributed by atoms with Crippen LogP contribution in [0.5, 0.6) is 0 Å². The van der Waals surface area contributed by atoms with Crippen molar-refractivity contribution in [2.45, 2.75) is 4.90 Å². The number of thioether (sulfide) groups is 1. The van der Waals surface area contributed by atoms with Crippen molar-refractivity contribution in [2.24, 2.45) is 4.99 Å². The molecule has 0 aliphatic heterocycles. The lowest BCUT2D eigenvalue weighted by molar-refractivity contribution is 0.512. The number of nitrogens with zero attached hydrogens (tertiary/aromatic N) is 1. The molecule has 0 radical (unpaired) electrons. The number of hydrogen-bond donors (Lipinski definition) is 2. The molecule has 0 amide bonds. The standard InChI is InChI=1S/C10H11F2N3O2S2/c1-3-13-10(18-2)14-15-19(16,17)9-7(11)5-4-6-8(9)12/h3-6,15H,1H2,2H3,(H,13,14). The van der Waals surface area contributed by atoms with E-state index in [2.05, 4.69) is 17.0 Å². The van der Waals surface area contributed by atoms with Gasteiger partial charge >= 0.3 is 0 Å². The fourth-order valence-electron chi connectivity index (χ4n) is 1.12. The summed E-state index contributed by atoms with van der Waals surface area (Å²) in [5, 5.41) is 0.176. The highest BCUT2D eigenvalue weighted by atomic mass is 32.2. The lowest BCUT2D eigenvalue weighted by Crippen LogP contribution is -2.40. The second-order valence-corrected chi connectivity index (χ2v) is 5.52. The van der Waals surface area contributed by atoms with E-state index in [1.165, 1.54) is 6.20 Å². The third kappa shape index (κ3) is 4.01.